The van der Waals surface area contributed by atoms with E-state index < -0.39 is 83.3 Å². The molecule has 0 fully saturated rings. The highest BCUT2D eigenvalue weighted by Gasteiger charge is 2.27. The molecule has 0 amide bonds. The third kappa shape index (κ3) is 10.7. The summed E-state index contributed by atoms with van der Waals surface area (Å²) in [5, 5.41) is -2.07. The largest absolute Gasteiger partial charge is 0.493 e. The Hall–Kier alpha value is -6.68. The van der Waals surface area contributed by atoms with Crippen LogP contribution < -0.4 is 30.1 Å². The van der Waals surface area contributed by atoms with Gasteiger partial charge in [-0.05, 0) is 66.1 Å². The van der Waals surface area contributed by atoms with Crippen LogP contribution in [0.3, 0.4) is 0 Å². The van der Waals surface area contributed by atoms with Gasteiger partial charge in [0.25, 0.3) is 24.0 Å². The van der Waals surface area contributed by atoms with Crippen molar-refractivity contribution < 1.29 is 53.3 Å². The molecule has 4 aromatic heterocycles. The maximum atomic E-state index is 14.1. The first kappa shape index (κ1) is 45.8. The molecule has 332 valence electrons. The first-order valence-electron chi connectivity index (χ1n) is 18.6. The lowest BCUT2D eigenvalue weighted by Gasteiger charge is -2.13. The predicted molar refractivity (Wildman–Crippen MR) is 219 cm³/mol. The zero-order valence-electron chi connectivity index (χ0n) is 33.9. The minimum atomic E-state index is -4.67. The number of ether oxygens (including phenoxy) is 4. The van der Waals surface area contributed by atoms with Crippen molar-refractivity contribution in [3.8, 4) is 45.5 Å². The SMILES string of the molecule is COc1ccc(Cn2cc(-c3cc(C(F)F)nc(S(=O)(=O)CCCS(=O)(=O)c4nc(-c5ccc(=O)n(Cc6ccc(OC)c(OC)c6)c5)cc(C(F)F)n4)n3)ccc2=O)cc1OC. The highest BCUT2D eigenvalue weighted by molar-refractivity contribution is 7.92. The van der Waals surface area contributed by atoms with Crippen molar-refractivity contribution in [2.45, 2.75) is 42.7 Å². The Morgan fingerprint density at radius 2 is 0.905 bits per heavy atom. The zero-order valence-corrected chi connectivity index (χ0v) is 35.5. The van der Waals surface area contributed by atoms with E-state index in [2.05, 4.69) is 19.9 Å². The van der Waals surface area contributed by atoms with Crippen LogP contribution in [0, 0.1) is 0 Å². The van der Waals surface area contributed by atoms with Gasteiger partial charge in [-0.2, -0.15) is 0 Å². The highest BCUT2D eigenvalue weighted by Crippen LogP contribution is 2.31. The summed E-state index contributed by atoms with van der Waals surface area (Å²) in [5.74, 6) is -0.277. The number of pyridine rings is 2. The summed E-state index contributed by atoms with van der Waals surface area (Å²) in [6.07, 6.45) is -4.58. The number of halogens is 4. The molecule has 0 saturated heterocycles. The molecule has 6 aromatic rings. The van der Waals surface area contributed by atoms with Gasteiger partial charge in [-0.3, -0.25) is 9.59 Å². The molecular formula is C41H38F4N6O10S2. The minimum absolute atomic E-state index is 0.00209. The molecule has 0 unspecified atom stereocenters. The summed E-state index contributed by atoms with van der Waals surface area (Å²) in [4.78, 5) is 40.7. The summed E-state index contributed by atoms with van der Waals surface area (Å²) in [5.41, 5.74) is -2.02. The van der Waals surface area contributed by atoms with E-state index >= 15 is 0 Å². The average molecular weight is 915 g/mol. The summed E-state index contributed by atoms with van der Waals surface area (Å²) >= 11 is 0. The monoisotopic (exact) mass is 914 g/mol. The van der Waals surface area contributed by atoms with Crippen molar-refractivity contribution in [1.82, 2.24) is 29.1 Å². The van der Waals surface area contributed by atoms with E-state index in [1.54, 1.807) is 36.4 Å². The second kappa shape index (κ2) is 19.2. The van der Waals surface area contributed by atoms with Crippen LogP contribution in [0.2, 0.25) is 0 Å². The number of methoxy groups -OCH3 is 4. The van der Waals surface area contributed by atoms with Crippen LogP contribution >= 0.6 is 0 Å². The molecule has 0 bridgehead atoms. The molecule has 22 heteroatoms. The van der Waals surface area contributed by atoms with Crippen LogP contribution in [0.5, 0.6) is 23.0 Å². The zero-order chi connectivity index (χ0) is 45.6. The maximum absolute atomic E-state index is 14.1. The average Bonchev–Trinajstić information content (AvgIpc) is 3.27. The molecule has 0 N–H and O–H groups in total. The van der Waals surface area contributed by atoms with Gasteiger partial charge in [-0.25, -0.2) is 54.3 Å². The third-order valence-corrected chi connectivity index (χ3v) is 12.6. The predicted octanol–water partition coefficient (Wildman–Crippen LogP) is 5.57. The molecule has 4 heterocycles. The van der Waals surface area contributed by atoms with Gasteiger partial charge in [0, 0.05) is 35.7 Å². The molecule has 0 radical (unpaired) electrons. The van der Waals surface area contributed by atoms with Gasteiger partial charge >= 0.3 is 0 Å². The topological polar surface area (TPSA) is 201 Å². The van der Waals surface area contributed by atoms with Crippen molar-refractivity contribution in [3.05, 3.63) is 128 Å². The van der Waals surface area contributed by atoms with Crippen LogP contribution in [-0.2, 0) is 32.8 Å². The van der Waals surface area contributed by atoms with Crippen molar-refractivity contribution in [3.63, 3.8) is 0 Å². The summed E-state index contributed by atoms with van der Waals surface area (Å²) < 4.78 is 134. The van der Waals surface area contributed by atoms with Crippen molar-refractivity contribution >= 4 is 19.7 Å². The van der Waals surface area contributed by atoms with E-state index in [9.17, 15) is 44.0 Å². The highest BCUT2D eigenvalue weighted by atomic mass is 32.2. The number of hydrogen-bond acceptors (Lipinski definition) is 14. The molecule has 0 aliphatic carbocycles. The fraction of sp³-hybridized carbons (Fsp3) is 0.268. The van der Waals surface area contributed by atoms with Gasteiger partial charge in [0.1, 0.15) is 11.4 Å². The molecule has 0 atom stereocenters. The second-order valence-electron chi connectivity index (χ2n) is 13.7. The fourth-order valence-corrected chi connectivity index (χ4v) is 8.83. The van der Waals surface area contributed by atoms with Gasteiger partial charge in [0.2, 0.25) is 30.0 Å². The Balaban J connectivity index is 1.24. The third-order valence-electron chi connectivity index (χ3n) is 9.44. The number of alkyl halides is 4. The molecule has 63 heavy (non-hydrogen) atoms. The van der Waals surface area contributed by atoms with E-state index in [0.29, 0.717) is 34.1 Å². The smallest absolute Gasteiger partial charge is 0.280 e. The summed E-state index contributed by atoms with van der Waals surface area (Å²) in [6, 6.07) is 16.4. The van der Waals surface area contributed by atoms with Gasteiger partial charge in [-0.15, -0.1) is 0 Å². The Kier molecular flexibility index (Phi) is 13.9. The molecule has 16 nitrogen and oxygen atoms in total. The van der Waals surface area contributed by atoms with Crippen LogP contribution in [0.25, 0.3) is 22.5 Å². The Labute approximate surface area is 357 Å². The number of rotatable bonds is 18. The Morgan fingerprint density at radius 1 is 0.524 bits per heavy atom. The second-order valence-corrected chi connectivity index (χ2v) is 17.7. The van der Waals surface area contributed by atoms with E-state index in [1.165, 1.54) is 62.1 Å². The van der Waals surface area contributed by atoms with Crippen LogP contribution in [0.15, 0.2) is 105 Å². The lowest BCUT2D eigenvalue weighted by molar-refractivity contribution is 0.144. The normalized spacial score (nSPS) is 11.8. The number of hydrogen-bond donors (Lipinski definition) is 0. The first-order chi connectivity index (χ1) is 29.9. The van der Waals surface area contributed by atoms with E-state index in [-0.39, 0.29) is 35.6 Å². The number of nitrogens with zero attached hydrogens (tertiary/aromatic N) is 6. The lowest BCUT2D eigenvalue weighted by Crippen LogP contribution is -2.20. The quantitative estimate of drug-likeness (QED) is 0.0766. The number of aromatic nitrogens is 6. The number of sulfone groups is 2. The summed E-state index contributed by atoms with van der Waals surface area (Å²) in [7, 11) is -3.56. The number of benzene rings is 2. The van der Waals surface area contributed by atoms with Crippen LogP contribution in [0.4, 0.5) is 17.6 Å². The van der Waals surface area contributed by atoms with E-state index in [4.69, 9.17) is 18.9 Å². The molecule has 0 aliphatic heterocycles. The van der Waals surface area contributed by atoms with Gasteiger partial charge in [0.05, 0.1) is 64.4 Å². The van der Waals surface area contributed by atoms with Gasteiger partial charge < -0.3 is 28.1 Å². The van der Waals surface area contributed by atoms with Crippen molar-refractivity contribution in [2.24, 2.45) is 0 Å². The Bertz CT molecular complexity index is 2800. The fourth-order valence-electron chi connectivity index (χ4n) is 6.27. The Morgan fingerprint density at radius 3 is 1.25 bits per heavy atom. The molecule has 6 rings (SSSR count). The minimum Gasteiger partial charge on any atom is -0.493 e. The van der Waals surface area contributed by atoms with Gasteiger partial charge in [0.15, 0.2) is 23.0 Å². The first-order valence-corrected chi connectivity index (χ1v) is 21.9. The summed E-state index contributed by atoms with van der Waals surface area (Å²) in [6.45, 7) is -0.00419. The lowest BCUT2D eigenvalue weighted by atomic mass is 10.1. The molecule has 0 aliphatic rings. The van der Waals surface area contributed by atoms with Crippen LogP contribution in [-0.4, -0.2) is 85.9 Å². The van der Waals surface area contributed by atoms with Crippen molar-refractivity contribution in [2.75, 3.05) is 39.9 Å². The molecule has 0 saturated carbocycles. The maximum Gasteiger partial charge on any atom is 0.280 e. The van der Waals surface area contributed by atoms with E-state index in [0.717, 1.165) is 24.3 Å². The molecule has 2 aromatic carbocycles. The van der Waals surface area contributed by atoms with E-state index in [1.807, 2.05) is 0 Å². The molecule has 0 spiro atoms. The van der Waals surface area contributed by atoms with Crippen molar-refractivity contribution in [1.29, 1.82) is 0 Å². The van der Waals surface area contributed by atoms with Crippen LogP contribution in [0.1, 0.15) is 41.8 Å². The molecular weight excluding hydrogens is 877 g/mol. The van der Waals surface area contributed by atoms with Gasteiger partial charge in [-0.1, -0.05) is 12.1 Å². The standard InChI is InChI=1S/C41H38F4N6O10S2/c1-58-32-10-6-24(16-34(32)60-3)20-50-22-26(8-12-36(50)52)28-18-30(38(42)43)48-40(46-28)62(54,55)14-5-15-63(56,57)41-47-29(19-31(49-41)39(44)45)27-9-13-37(53)51(23-27)21-25-7-11-33(59-2)35(17-25)61-4/h6-13,16-19,22-23,38-39H,5,14-15,20-21H2,1-4H3.